The summed E-state index contributed by atoms with van der Waals surface area (Å²) in [5.41, 5.74) is 2.48. The predicted molar refractivity (Wildman–Crippen MR) is 64.0 cm³/mol. The minimum atomic E-state index is -4.76. The first-order valence-corrected chi connectivity index (χ1v) is 5.88. The second-order valence-corrected chi connectivity index (χ2v) is 4.62. The van der Waals surface area contributed by atoms with Crippen LogP contribution in [-0.2, 0) is 13.1 Å². The van der Waals surface area contributed by atoms with E-state index in [4.69, 9.17) is 11.6 Å². The number of fused-ring (bicyclic) bond motifs is 3. The van der Waals surface area contributed by atoms with E-state index in [0.717, 1.165) is 11.1 Å². The van der Waals surface area contributed by atoms with Crippen LogP contribution in [0.3, 0.4) is 0 Å². The van der Waals surface area contributed by atoms with Crippen LogP contribution in [0.15, 0.2) is 18.3 Å². The third-order valence-electron chi connectivity index (χ3n) is 2.97. The third kappa shape index (κ3) is 2.33. The SMILES string of the molecule is FC(F)(F)Oc1cc2c3c(cnc2cc1Cl)CNC3. The van der Waals surface area contributed by atoms with E-state index in [1.807, 2.05) is 0 Å². The van der Waals surface area contributed by atoms with Crippen molar-refractivity contribution in [1.29, 1.82) is 0 Å². The minimum Gasteiger partial charge on any atom is -0.404 e. The van der Waals surface area contributed by atoms with Gasteiger partial charge in [-0.1, -0.05) is 11.6 Å². The summed E-state index contributed by atoms with van der Waals surface area (Å²) in [5.74, 6) is -0.399. The van der Waals surface area contributed by atoms with E-state index in [9.17, 15) is 13.2 Å². The largest absolute Gasteiger partial charge is 0.573 e. The van der Waals surface area contributed by atoms with Gasteiger partial charge in [0, 0.05) is 24.7 Å². The van der Waals surface area contributed by atoms with Crippen molar-refractivity contribution in [1.82, 2.24) is 10.3 Å². The molecule has 2 heterocycles. The van der Waals surface area contributed by atoms with E-state index < -0.39 is 12.1 Å². The van der Waals surface area contributed by atoms with Gasteiger partial charge < -0.3 is 10.1 Å². The Bertz CT molecular complexity index is 657. The van der Waals surface area contributed by atoms with Gasteiger partial charge >= 0.3 is 6.36 Å². The summed E-state index contributed by atoms with van der Waals surface area (Å²) in [6, 6.07) is 2.68. The molecule has 2 aromatic rings. The number of nitrogens with one attached hydrogen (secondary N) is 1. The number of pyridine rings is 1. The lowest BCUT2D eigenvalue weighted by Crippen LogP contribution is -2.17. The highest BCUT2D eigenvalue weighted by Crippen LogP contribution is 2.35. The molecule has 0 aliphatic carbocycles. The Hall–Kier alpha value is -1.53. The molecule has 3 nitrogen and oxygen atoms in total. The number of aromatic nitrogens is 1. The Labute approximate surface area is 111 Å². The highest BCUT2D eigenvalue weighted by atomic mass is 35.5. The lowest BCUT2D eigenvalue weighted by Gasteiger charge is -2.12. The van der Waals surface area contributed by atoms with E-state index in [1.54, 1.807) is 6.20 Å². The lowest BCUT2D eigenvalue weighted by atomic mass is 10.1. The Kier molecular flexibility index (Phi) is 2.79. The quantitative estimate of drug-likeness (QED) is 0.873. The Morgan fingerprint density at radius 3 is 2.79 bits per heavy atom. The molecule has 0 saturated heterocycles. The predicted octanol–water partition coefficient (Wildman–Crippen LogP) is 3.39. The fourth-order valence-electron chi connectivity index (χ4n) is 2.18. The first-order valence-electron chi connectivity index (χ1n) is 5.50. The number of halogens is 4. The summed E-state index contributed by atoms with van der Waals surface area (Å²) in [6.07, 6.45) is -3.06. The van der Waals surface area contributed by atoms with Gasteiger partial charge in [0.1, 0.15) is 5.75 Å². The van der Waals surface area contributed by atoms with Crippen molar-refractivity contribution in [3.05, 3.63) is 34.5 Å². The fourth-order valence-corrected chi connectivity index (χ4v) is 2.37. The zero-order chi connectivity index (χ0) is 13.6. The van der Waals surface area contributed by atoms with Gasteiger partial charge in [-0.05, 0) is 23.3 Å². The average Bonchev–Trinajstić information content (AvgIpc) is 2.76. The normalized spacial score (nSPS) is 14.7. The van der Waals surface area contributed by atoms with Crippen molar-refractivity contribution in [3.63, 3.8) is 0 Å². The molecule has 1 aromatic heterocycles. The van der Waals surface area contributed by atoms with Gasteiger partial charge in [-0.15, -0.1) is 13.2 Å². The monoisotopic (exact) mass is 288 g/mol. The molecule has 19 heavy (non-hydrogen) atoms. The van der Waals surface area contributed by atoms with E-state index in [0.29, 0.717) is 24.0 Å². The molecule has 0 spiro atoms. The van der Waals surface area contributed by atoms with Crippen LogP contribution in [0.25, 0.3) is 10.9 Å². The van der Waals surface area contributed by atoms with Gasteiger partial charge in [-0.2, -0.15) is 0 Å². The van der Waals surface area contributed by atoms with Gasteiger partial charge in [0.25, 0.3) is 0 Å². The van der Waals surface area contributed by atoms with Crippen molar-refractivity contribution < 1.29 is 17.9 Å². The molecule has 100 valence electrons. The van der Waals surface area contributed by atoms with Crippen LogP contribution in [0.5, 0.6) is 5.75 Å². The van der Waals surface area contributed by atoms with Crippen LogP contribution in [0.2, 0.25) is 5.02 Å². The van der Waals surface area contributed by atoms with E-state index in [2.05, 4.69) is 15.0 Å². The van der Waals surface area contributed by atoms with Gasteiger partial charge in [-0.25, -0.2) is 0 Å². The molecule has 1 aromatic carbocycles. The van der Waals surface area contributed by atoms with Crippen molar-refractivity contribution in [2.45, 2.75) is 19.5 Å². The zero-order valence-corrected chi connectivity index (χ0v) is 10.3. The van der Waals surface area contributed by atoms with Gasteiger partial charge in [0.15, 0.2) is 0 Å². The first-order chi connectivity index (χ1) is 8.94. The lowest BCUT2D eigenvalue weighted by molar-refractivity contribution is -0.274. The number of hydrogen-bond donors (Lipinski definition) is 1. The Morgan fingerprint density at radius 1 is 1.26 bits per heavy atom. The molecular weight excluding hydrogens is 281 g/mol. The summed E-state index contributed by atoms with van der Waals surface area (Å²) in [6.45, 7) is 1.26. The van der Waals surface area contributed by atoms with E-state index in [1.165, 1.54) is 12.1 Å². The maximum absolute atomic E-state index is 12.3. The Balaban J connectivity index is 2.17. The summed E-state index contributed by atoms with van der Waals surface area (Å²) >= 11 is 5.78. The molecule has 0 atom stereocenters. The van der Waals surface area contributed by atoms with E-state index in [-0.39, 0.29) is 5.02 Å². The number of benzene rings is 1. The van der Waals surface area contributed by atoms with Crippen LogP contribution < -0.4 is 10.1 Å². The van der Waals surface area contributed by atoms with Gasteiger partial charge in [0.05, 0.1) is 10.5 Å². The maximum atomic E-state index is 12.3. The molecule has 7 heteroatoms. The second-order valence-electron chi connectivity index (χ2n) is 4.21. The summed E-state index contributed by atoms with van der Waals surface area (Å²) in [4.78, 5) is 4.19. The van der Waals surface area contributed by atoms with Crippen molar-refractivity contribution in [2.75, 3.05) is 0 Å². The zero-order valence-electron chi connectivity index (χ0n) is 9.51. The van der Waals surface area contributed by atoms with Gasteiger partial charge in [-0.3, -0.25) is 4.98 Å². The number of nitrogens with zero attached hydrogens (tertiary/aromatic N) is 1. The average molecular weight is 289 g/mol. The van der Waals surface area contributed by atoms with Crippen LogP contribution in [-0.4, -0.2) is 11.3 Å². The minimum absolute atomic E-state index is 0.108. The highest BCUT2D eigenvalue weighted by Gasteiger charge is 2.32. The molecule has 1 aliphatic heterocycles. The molecule has 0 radical (unpaired) electrons. The molecule has 0 fully saturated rings. The van der Waals surface area contributed by atoms with Crippen LogP contribution in [0, 0.1) is 0 Å². The smallest absolute Gasteiger partial charge is 0.404 e. The molecule has 1 aliphatic rings. The maximum Gasteiger partial charge on any atom is 0.573 e. The third-order valence-corrected chi connectivity index (χ3v) is 3.26. The fraction of sp³-hybridized carbons (Fsp3) is 0.250. The molecule has 0 unspecified atom stereocenters. The topological polar surface area (TPSA) is 34.1 Å². The van der Waals surface area contributed by atoms with Crippen molar-refractivity contribution in [2.24, 2.45) is 0 Å². The molecule has 0 saturated carbocycles. The standard InChI is InChI=1S/C12H8ClF3N2O/c13-9-2-10-7(1-11(9)19-12(14,15)16)8-5-17-3-6(8)4-18-10/h1-2,4,17H,3,5H2. The van der Waals surface area contributed by atoms with Crippen molar-refractivity contribution >= 4 is 22.5 Å². The Morgan fingerprint density at radius 2 is 2.05 bits per heavy atom. The second kappa shape index (κ2) is 4.25. The molecule has 0 bridgehead atoms. The van der Waals surface area contributed by atoms with E-state index >= 15 is 0 Å². The number of hydrogen-bond acceptors (Lipinski definition) is 3. The van der Waals surface area contributed by atoms with Crippen LogP contribution >= 0.6 is 11.6 Å². The summed E-state index contributed by atoms with van der Waals surface area (Å²) in [5, 5.41) is 3.65. The molecule has 1 N–H and O–H groups in total. The number of alkyl halides is 3. The molecule has 3 rings (SSSR count). The number of rotatable bonds is 1. The van der Waals surface area contributed by atoms with Crippen molar-refractivity contribution in [3.8, 4) is 5.75 Å². The molecular formula is C12H8ClF3N2O. The van der Waals surface area contributed by atoms with Crippen LogP contribution in [0.4, 0.5) is 13.2 Å². The van der Waals surface area contributed by atoms with Gasteiger partial charge in [0.2, 0.25) is 0 Å². The van der Waals surface area contributed by atoms with Crippen LogP contribution in [0.1, 0.15) is 11.1 Å². The number of ether oxygens (including phenoxy) is 1. The summed E-state index contributed by atoms with van der Waals surface area (Å²) in [7, 11) is 0. The highest BCUT2D eigenvalue weighted by molar-refractivity contribution is 6.32. The summed E-state index contributed by atoms with van der Waals surface area (Å²) < 4.78 is 40.8. The first kappa shape index (κ1) is 12.5. The molecule has 0 amide bonds.